The summed E-state index contributed by atoms with van der Waals surface area (Å²) in [7, 11) is 0. The fraction of sp³-hybridized carbons (Fsp3) is 0.304. The predicted molar refractivity (Wildman–Crippen MR) is 123 cm³/mol. The van der Waals surface area contributed by atoms with Gasteiger partial charge in [0, 0.05) is 48.8 Å². The van der Waals surface area contributed by atoms with Crippen LogP contribution in [0, 0.1) is 13.8 Å². The molecule has 2 aromatic heterocycles. The summed E-state index contributed by atoms with van der Waals surface area (Å²) < 4.78 is 1.76. The lowest BCUT2D eigenvalue weighted by Gasteiger charge is -2.22. The summed E-state index contributed by atoms with van der Waals surface area (Å²) in [5.41, 5.74) is 3.07. The van der Waals surface area contributed by atoms with Gasteiger partial charge in [0.1, 0.15) is 0 Å². The highest BCUT2D eigenvalue weighted by Crippen LogP contribution is 2.17. The molecule has 1 aliphatic rings. The molecule has 1 saturated heterocycles. The number of benzene rings is 1. The maximum atomic E-state index is 13.0. The number of rotatable bonds is 3. The van der Waals surface area contributed by atoms with Crippen molar-refractivity contribution in [1.29, 1.82) is 0 Å². The first-order valence-electron chi connectivity index (χ1n) is 10.5. The SMILES string of the molecule is Cc1cc(C)n(-c2ccc(C(=O)N3CCCN(C(=O)Nc4cccc(Cl)c4)CC3)cn2)n1. The van der Waals surface area contributed by atoms with Gasteiger partial charge < -0.3 is 15.1 Å². The molecule has 0 radical (unpaired) electrons. The Hall–Kier alpha value is -3.39. The minimum atomic E-state index is -0.197. The highest BCUT2D eigenvalue weighted by molar-refractivity contribution is 6.30. The van der Waals surface area contributed by atoms with Crippen LogP contribution in [0.15, 0.2) is 48.7 Å². The first-order valence-corrected chi connectivity index (χ1v) is 10.9. The highest BCUT2D eigenvalue weighted by atomic mass is 35.5. The highest BCUT2D eigenvalue weighted by Gasteiger charge is 2.23. The van der Waals surface area contributed by atoms with E-state index in [4.69, 9.17) is 11.6 Å². The number of hydrogen-bond donors (Lipinski definition) is 1. The predicted octanol–water partition coefficient (Wildman–Crippen LogP) is 3.92. The fourth-order valence-electron chi connectivity index (χ4n) is 3.77. The van der Waals surface area contributed by atoms with E-state index in [1.165, 1.54) is 0 Å². The molecular formula is C23H25ClN6O2. The topological polar surface area (TPSA) is 83.4 Å². The number of urea groups is 1. The Kier molecular flexibility index (Phi) is 6.41. The van der Waals surface area contributed by atoms with Gasteiger partial charge in [-0.2, -0.15) is 5.10 Å². The van der Waals surface area contributed by atoms with Crippen molar-refractivity contribution in [2.75, 3.05) is 31.5 Å². The van der Waals surface area contributed by atoms with Crippen LogP contribution in [-0.4, -0.2) is 62.7 Å². The van der Waals surface area contributed by atoms with E-state index < -0.39 is 0 Å². The van der Waals surface area contributed by atoms with Crippen molar-refractivity contribution < 1.29 is 9.59 Å². The van der Waals surface area contributed by atoms with Gasteiger partial charge in [-0.1, -0.05) is 17.7 Å². The number of halogens is 1. The van der Waals surface area contributed by atoms with Crippen LogP contribution in [0.25, 0.3) is 5.82 Å². The summed E-state index contributed by atoms with van der Waals surface area (Å²) in [6, 6.07) is 12.4. The zero-order chi connectivity index (χ0) is 22.7. The number of nitrogens with zero attached hydrogens (tertiary/aromatic N) is 5. The number of carbonyl (C=O) groups excluding carboxylic acids is 2. The Morgan fingerprint density at radius 3 is 2.47 bits per heavy atom. The average Bonchev–Trinajstić information content (AvgIpc) is 2.97. The number of amides is 3. The zero-order valence-electron chi connectivity index (χ0n) is 18.1. The van der Waals surface area contributed by atoms with Crippen LogP contribution in [0.2, 0.25) is 5.02 Å². The van der Waals surface area contributed by atoms with Crippen molar-refractivity contribution in [2.45, 2.75) is 20.3 Å². The number of carbonyl (C=O) groups is 2. The Morgan fingerprint density at radius 1 is 1.00 bits per heavy atom. The molecule has 0 spiro atoms. The molecule has 0 saturated carbocycles. The third-order valence-corrected chi connectivity index (χ3v) is 5.60. The van der Waals surface area contributed by atoms with E-state index >= 15 is 0 Å². The fourth-order valence-corrected chi connectivity index (χ4v) is 3.96. The van der Waals surface area contributed by atoms with E-state index in [2.05, 4.69) is 15.4 Å². The van der Waals surface area contributed by atoms with E-state index in [0.717, 1.165) is 11.4 Å². The van der Waals surface area contributed by atoms with Gasteiger partial charge in [-0.05, 0) is 56.7 Å². The molecule has 0 unspecified atom stereocenters. The molecule has 3 amide bonds. The second kappa shape index (κ2) is 9.40. The van der Waals surface area contributed by atoms with Gasteiger partial charge in [0.2, 0.25) is 0 Å². The number of hydrogen-bond acceptors (Lipinski definition) is 4. The third kappa shape index (κ3) is 4.91. The van der Waals surface area contributed by atoms with Gasteiger partial charge in [-0.3, -0.25) is 4.79 Å². The molecule has 0 atom stereocenters. The largest absolute Gasteiger partial charge is 0.337 e. The first kappa shape index (κ1) is 21.8. The van der Waals surface area contributed by atoms with Gasteiger partial charge in [0.05, 0.1) is 11.3 Å². The maximum Gasteiger partial charge on any atom is 0.321 e. The second-order valence-corrected chi connectivity index (χ2v) is 8.25. The molecule has 3 aromatic rings. The summed E-state index contributed by atoms with van der Waals surface area (Å²) >= 11 is 5.99. The number of aryl methyl sites for hydroxylation is 2. The van der Waals surface area contributed by atoms with Crippen molar-refractivity contribution in [3.63, 3.8) is 0 Å². The molecular weight excluding hydrogens is 428 g/mol. The van der Waals surface area contributed by atoms with Crippen LogP contribution < -0.4 is 5.32 Å². The molecule has 1 fully saturated rings. The number of aromatic nitrogens is 3. The van der Waals surface area contributed by atoms with Crippen molar-refractivity contribution in [3.8, 4) is 5.82 Å². The Morgan fingerprint density at radius 2 is 1.78 bits per heavy atom. The van der Waals surface area contributed by atoms with E-state index in [-0.39, 0.29) is 11.9 Å². The van der Waals surface area contributed by atoms with Crippen LogP contribution in [0.1, 0.15) is 28.2 Å². The molecule has 8 nitrogen and oxygen atoms in total. The number of anilines is 1. The van der Waals surface area contributed by atoms with Crippen LogP contribution in [0.3, 0.4) is 0 Å². The second-order valence-electron chi connectivity index (χ2n) is 7.82. The maximum absolute atomic E-state index is 13.0. The van der Waals surface area contributed by atoms with Gasteiger partial charge in [0.25, 0.3) is 5.91 Å². The zero-order valence-corrected chi connectivity index (χ0v) is 18.8. The van der Waals surface area contributed by atoms with Crippen LogP contribution >= 0.6 is 11.6 Å². The normalized spacial score (nSPS) is 14.2. The van der Waals surface area contributed by atoms with Crippen molar-refractivity contribution in [2.24, 2.45) is 0 Å². The summed E-state index contributed by atoms with van der Waals surface area (Å²) in [6.07, 6.45) is 2.29. The molecule has 1 aromatic carbocycles. The summed E-state index contributed by atoms with van der Waals surface area (Å²) in [6.45, 7) is 5.96. The molecule has 1 N–H and O–H groups in total. The van der Waals surface area contributed by atoms with Crippen molar-refractivity contribution in [1.82, 2.24) is 24.6 Å². The van der Waals surface area contributed by atoms with Crippen molar-refractivity contribution in [3.05, 3.63) is 70.6 Å². The first-order chi connectivity index (χ1) is 15.4. The van der Waals surface area contributed by atoms with Gasteiger partial charge in [0.15, 0.2) is 5.82 Å². The Bertz CT molecular complexity index is 1130. The molecule has 166 valence electrons. The van der Waals surface area contributed by atoms with Crippen LogP contribution in [0.5, 0.6) is 0 Å². The molecule has 0 bridgehead atoms. The van der Waals surface area contributed by atoms with Crippen LogP contribution in [0.4, 0.5) is 10.5 Å². The van der Waals surface area contributed by atoms with Gasteiger partial charge in [-0.25, -0.2) is 14.5 Å². The van der Waals surface area contributed by atoms with Gasteiger partial charge >= 0.3 is 6.03 Å². The number of nitrogens with one attached hydrogen (secondary N) is 1. The smallest absolute Gasteiger partial charge is 0.321 e. The minimum Gasteiger partial charge on any atom is -0.337 e. The molecule has 3 heterocycles. The lowest BCUT2D eigenvalue weighted by atomic mass is 10.2. The monoisotopic (exact) mass is 452 g/mol. The Balaban J connectivity index is 1.38. The molecule has 9 heteroatoms. The Labute approximate surface area is 191 Å². The molecule has 0 aliphatic carbocycles. The number of pyridine rings is 1. The quantitative estimate of drug-likeness (QED) is 0.652. The lowest BCUT2D eigenvalue weighted by molar-refractivity contribution is 0.0762. The molecule has 1 aliphatic heterocycles. The third-order valence-electron chi connectivity index (χ3n) is 5.37. The minimum absolute atomic E-state index is 0.0884. The van der Waals surface area contributed by atoms with E-state index in [9.17, 15) is 9.59 Å². The molecule has 32 heavy (non-hydrogen) atoms. The van der Waals surface area contributed by atoms with E-state index in [0.29, 0.717) is 54.7 Å². The van der Waals surface area contributed by atoms with E-state index in [1.54, 1.807) is 57.1 Å². The summed E-state index contributed by atoms with van der Waals surface area (Å²) in [4.78, 5) is 33.6. The summed E-state index contributed by atoms with van der Waals surface area (Å²) in [5.74, 6) is 0.585. The molecule has 4 rings (SSSR count). The van der Waals surface area contributed by atoms with Crippen LogP contribution in [-0.2, 0) is 0 Å². The van der Waals surface area contributed by atoms with Gasteiger partial charge in [-0.15, -0.1) is 0 Å². The van der Waals surface area contributed by atoms with E-state index in [1.807, 2.05) is 19.9 Å². The average molecular weight is 453 g/mol. The lowest BCUT2D eigenvalue weighted by Crippen LogP contribution is -2.39. The van der Waals surface area contributed by atoms with Crippen molar-refractivity contribution >= 4 is 29.2 Å². The standard InChI is InChI=1S/C23H25ClN6O2/c1-16-13-17(2)30(27-16)21-8-7-18(15-25-21)22(31)28-9-4-10-29(12-11-28)23(32)26-20-6-3-5-19(24)14-20/h3,5-8,13-15H,4,9-12H2,1-2H3,(H,26,32). The summed E-state index contributed by atoms with van der Waals surface area (Å²) in [5, 5.41) is 7.85.